The van der Waals surface area contributed by atoms with Gasteiger partial charge < -0.3 is 4.74 Å². The highest BCUT2D eigenvalue weighted by molar-refractivity contribution is 4.90. The summed E-state index contributed by atoms with van der Waals surface area (Å²) in [7, 11) is 0. The Morgan fingerprint density at radius 3 is 1.94 bits per heavy atom. The predicted octanol–water partition coefficient (Wildman–Crippen LogP) is 4.94. The van der Waals surface area contributed by atoms with Crippen molar-refractivity contribution in [1.29, 1.82) is 0 Å². The zero-order chi connectivity index (χ0) is 12.1. The molecule has 1 saturated carbocycles. The Morgan fingerprint density at radius 1 is 0.765 bits per heavy atom. The molecule has 17 heavy (non-hydrogen) atoms. The molecule has 0 amide bonds. The average molecular weight is 238 g/mol. The first-order valence-corrected chi connectivity index (χ1v) is 7.82. The van der Waals surface area contributed by atoms with E-state index in [9.17, 15) is 0 Å². The predicted molar refractivity (Wildman–Crippen MR) is 73.2 cm³/mol. The van der Waals surface area contributed by atoms with Crippen LogP contribution < -0.4 is 0 Å². The molecule has 2 rings (SSSR count). The quantitative estimate of drug-likeness (QED) is 0.580. The normalized spacial score (nSPS) is 35.6. The lowest BCUT2D eigenvalue weighted by Crippen LogP contribution is -2.26. The smallest absolute Gasteiger partial charge is 0.0609 e. The lowest BCUT2D eigenvalue weighted by Gasteiger charge is -2.28. The van der Waals surface area contributed by atoms with Crippen molar-refractivity contribution >= 4 is 0 Å². The SMILES string of the molecule is CC1(C)COC2CCCCCCCCCCC21. The van der Waals surface area contributed by atoms with Crippen LogP contribution in [-0.4, -0.2) is 12.7 Å². The molecule has 2 unspecified atom stereocenters. The third kappa shape index (κ3) is 3.71. The first kappa shape index (κ1) is 13.4. The molecule has 1 saturated heterocycles. The number of fused-ring (bicyclic) bond motifs is 1. The van der Waals surface area contributed by atoms with Gasteiger partial charge in [0.1, 0.15) is 0 Å². The van der Waals surface area contributed by atoms with Crippen LogP contribution in [0.2, 0.25) is 0 Å². The lowest BCUT2D eigenvalue weighted by molar-refractivity contribution is 0.0775. The Hall–Kier alpha value is -0.0400. The molecule has 1 heteroatoms. The van der Waals surface area contributed by atoms with Gasteiger partial charge in [0.25, 0.3) is 0 Å². The van der Waals surface area contributed by atoms with Crippen LogP contribution in [0.4, 0.5) is 0 Å². The highest BCUT2D eigenvalue weighted by Gasteiger charge is 2.41. The van der Waals surface area contributed by atoms with Crippen molar-refractivity contribution in [3.8, 4) is 0 Å². The van der Waals surface area contributed by atoms with Gasteiger partial charge in [-0.25, -0.2) is 0 Å². The van der Waals surface area contributed by atoms with Crippen LogP contribution in [0.3, 0.4) is 0 Å². The van der Waals surface area contributed by atoms with E-state index in [2.05, 4.69) is 13.8 Å². The molecule has 0 bridgehead atoms. The molecule has 1 aliphatic heterocycles. The van der Waals surface area contributed by atoms with Crippen LogP contribution in [0.15, 0.2) is 0 Å². The van der Waals surface area contributed by atoms with Gasteiger partial charge in [0.05, 0.1) is 12.7 Å². The van der Waals surface area contributed by atoms with E-state index in [1.807, 2.05) is 0 Å². The number of hydrogen-bond acceptors (Lipinski definition) is 1. The second-order valence-corrected chi connectivity index (χ2v) is 6.85. The van der Waals surface area contributed by atoms with Gasteiger partial charge in [0.15, 0.2) is 0 Å². The minimum Gasteiger partial charge on any atom is -0.377 e. The summed E-state index contributed by atoms with van der Waals surface area (Å²) in [5.74, 6) is 0.821. The molecule has 2 atom stereocenters. The van der Waals surface area contributed by atoms with E-state index >= 15 is 0 Å². The Morgan fingerprint density at radius 2 is 1.29 bits per heavy atom. The first-order valence-electron chi connectivity index (χ1n) is 7.82. The van der Waals surface area contributed by atoms with E-state index in [-0.39, 0.29) is 0 Å². The van der Waals surface area contributed by atoms with Crippen LogP contribution in [0.25, 0.3) is 0 Å². The third-order valence-corrected chi connectivity index (χ3v) is 4.88. The Balaban J connectivity index is 1.91. The molecule has 0 spiro atoms. The monoisotopic (exact) mass is 238 g/mol. The minimum absolute atomic E-state index is 0.425. The molecule has 0 aromatic rings. The molecule has 0 radical (unpaired) electrons. The molecule has 1 aliphatic carbocycles. The van der Waals surface area contributed by atoms with Crippen molar-refractivity contribution < 1.29 is 4.74 Å². The standard InChI is InChI=1S/C16H30O/c1-16(2)13-17-15-12-10-8-6-4-3-5-7-9-11-14(15)16/h14-15H,3-13H2,1-2H3. The fraction of sp³-hybridized carbons (Fsp3) is 1.00. The maximum absolute atomic E-state index is 6.08. The highest BCUT2D eigenvalue weighted by Crippen LogP contribution is 2.43. The van der Waals surface area contributed by atoms with Gasteiger partial charge in [-0.15, -0.1) is 0 Å². The molecule has 1 heterocycles. The van der Waals surface area contributed by atoms with E-state index in [4.69, 9.17) is 4.74 Å². The Kier molecular flexibility index (Phi) is 4.90. The first-order chi connectivity index (χ1) is 8.20. The zero-order valence-corrected chi connectivity index (χ0v) is 11.8. The summed E-state index contributed by atoms with van der Waals surface area (Å²) < 4.78 is 6.08. The van der Waals surface area contributed by atoms with E-state index in [1.54, 1.807) is 0 Å². The van der Waals surface area contributed by atoms with Gasteiger partial charge in [0.2, 0.25) is 0 Å². The van der Waals surface area contributed by atoms with Crippen LogP contribution in [0.5, 0.6) is 0 Å². The summed E-state index contributed by atoms with van der Waals surface area (Å²) in [4.78, 5) is 0. The van der Waals surface area contributed by atoms with Gasteiger partial charge in [-0.05, 0) is 24.2 Å². The van der Waals surface area contributed by atoms with Gasteiger partial charge in [0, 0.05) is 0 Å². The highest BCUT2D eigenvalue weighted by atomic mass is 16.5. The van der Waals surface area contributed by atoms with Crippen molar-refractivity contribution in [2.75, 3.05) is 6.61 Å². The van der Waals surface area contributed by atoms with Crippen molar-refractivity contribution in [3.63, 3.8) is 0 Å². The zero-order valence-electron chi connectivity index (χ0n) is 11.8. The molecule has 0 N–H and O–H groups in total. The summed E-state index contributed by atoms with van der Waals surface area (Å²) in [5.41, 5.74) is 0.425. The summed E-state index contributed by atoms with van der Waals surface area (Å²) in [6.45, 7) is 5.80. The number of rotatable bonds is 0. The summed E-state index contributed by atoms with van der Waals surface area (Å²) in [6.07, 6.45) is 14.8. The second kappa shape index (κ2) is 6.22. The maximum atomic E-state index is 6.08. The van der Waals surface area contributed by atoms with Crippen LogP contribution in [0, 0.1) is 11.3 Å². The van der Waals surface area contributed by atoms with Crippen LogP contribution in [-0.2, 0) is 4.74 Å². The number of ether oxygens (including phenoxy) is 1. The average Bonchev–Trinajstić information content (AvgIpc) is 2.54. The summed E-state index contributed by atoms with van der Waals surface area (Å²) in [5, 5.41) is 0. The molecule has 2 aliphatic rings. The molecule has 0 aromatic heterocycles. The molecule has 1 nitrogen and oxygen atoms in total. The fourth-order valence-electron chi connectivity index (χ4n) is 3.68. The molecule has 2 fully saturated rings. The second-order valence-electron chi connectivity index (χ2n) is 6.85. The van der Waals surface area contributed by atoms with Gasteiger partial charge >= 0.3 is 0 Å². The lowest BCUT2D eigenvalue weighted by atomic mass is 9.75. The van der Waals surface area contributed by atoms with Crippen molar-refractivity contribution in [2.24, 2.45) is 11.3 Å². The van der Waals surface area contributed by atoms with Crippen molar-refractivity contribution in [2.45, 2.75) is 84.2 Å². The molecular weight excluding hydrogens is 208 g/mol. The maximum Gasteiger partial charge on any atom is 0.0609 e. The molecule has 100 valence electrons. The van der Waals surface area contributed by atoms with Gasteiger partial charge in [-0.1, -0.05) is 65.2 Å². The van der Waals surface area contributed by atoms with E-state index in [0.29, 0.717) is 11.5 Å². The summed E-state index contributed by atoms with van der Waals surface area (Å²) in [6, 6.07) is 0. The van der Waals surface area contributed by atoms with Crippen LogP contribution in [0.1, 0.15) is 78.1 Å². The topological polar surface area (TPSA) is 9.23 Å². The van der Waals surface area contributed by atoms with Crippen molar-refractivity contribution in [1.82, 2.24) is 0 Å². The van der Waals surface area contributed by atoms with Gasteiger partial charge in [-0.2, -0.15) is 0 Å². The van der Waals surface area contributed by atoms with E-state index < -0.39 is 0 Å². The number of hydrogen-bond donors (Lipinski definition) is 0. The largest absolute Gasteiger partial charge is 0.377 e. The summed E-state index contributed by atoms with van der Waals surface area (Å²) >= 11 is 0. The van der Waals surface area contributed by atoms with Crippen LogP contribution >= 0.6 is 0 Å². The Bertz CT molecular complexity index is 222. The van der Waals surface area contributed by atoms with E-state index in [0.717, 1.165) is 12.5 Å². The third-order valence-electron chi connectivity index (χ3n) is 4.88. The fourth-order valence-corrected chi connectivity index (χ4v) is 3.68. The molecular formula is C16H30O. The van der Waals surface area contributed by atoms with E-state index in [1.165, 1.54) is 64.2 Å². The van der Waals surface area contributed by atoms with Gasteiger partial charge in [-0.3, -0.25) is 0 Å². The minimum atomic E-state index is 0.425. The van der Waals surface area contributed by atoms with Crippen molar-refractivity contribution in [3.05, 3.63) is 0 Å². The molecule has 0 aromatic carbocycles. The Labute approximate surface area is 107 Å².